The highest BCUT2D eigenvalue weighted by atomic mass is 35.5. The molecule has 0 heterocycles. The topological polar surface area (TPSA) is 58.9 Å². The minimum Gasteiger partial charge on any atom is -0.507 e. The number of phenols is 1. The lowest BCUT2D eigenvalue weighted by Crippen LogP contribution is -2.06. The van der Waals surface area contributed by atoms with Gasteiger partial charge in [0, 0.05) is 16.8 Å². The highest BCUT2D eigenvalue weighted by Crippen LogP contribution is 2.21. The molecule has 198 valence electrons. The Labute approximate surface area is 223 Å². The summed E-state index contributed by atoms with van der Waals surface area (Å²) in [7, 11) is 0. The zero-order chi connectivity index (χ0) is 25.8. The van der Waals surface area contributed by atoms with Crippen molar-refractivity contribution in [2.24, 2.45) is 4.99 Å². The first kappa shape index (κ1) is 29.9. The maximum absolute atomic E-state index is 12.3. The Morgan fingerprint density at radius 3 is 1.86 bits per heavy atom. The summed E-state index contributed by atoms with van der Waals surface area (Å²) >= 11 is 5.88. The zero-order valence-electron chi connectivity index (χ0n) is 22.0. The Balaban J connectivity index is 1.50. The molecule has 0 atom stereocenters. The summed E-state index contributed by atoms with van der Waals surface area (Å²) in [6, 6.07) is 11.8. The number of halogens is 1. The molecule has 0 fully saturated rings. The smallest absolute Gasteiger partial charge is 0.338 e. The Morgan fingerprint density at radius 2 is 1.33 bits per heavy atom. The molecule has 0 radical (unpaired) electrons. The number of benzene rings is 2. The summed E-state index contributed by atoms with van der Waals surface area (Å²) in [4.78, 5) is 16.6. The summed E-state index contributed by atoms with van der Waals surface area (Å²) in [5, 5.41) is 10.9. The largest absolute Gasteiger partial charge is 0.507 e. The van der Waals surface area contributed by atoms with E-state index in [1.54, 1.807) is 42.6 Å². The van der Waals surface area contributed by atoms with Crippen molar-refractivity contribution in [2.75, 3.05) is 6.61 Å². The van der Waals surface area contributed by atoms with Gasteiger partial charge in [-0.3, -0.25) is 4.99 Å². The number of carbonyl (C=O) groups is 1. The molecule has 0 unspecified atom stereocenters. The normalized spacial score (nSPS) is 11.3. The van der Waals surface area contributed by atoms with Gasteiger partial charge < -0.3 is 9.84 Å². The van der Waals surface area contributed by atoms with Crippen LogP contribution < -0.4 is 0 Å². The number of hydrogen-bond acceptors (Lipinski definition) is 4. The fourth-order valence-corrected chi connectivity index (χ4v) is 4.30. The van der Waals surface area contributed by atoms with Crippen LogP contribution in [0.3, 0.4) is 0 Å². The van der Waals surface area contributed by atoms with Crippen molar-refractivity contribution < 1.29 is 14.6 Å². The average molecular weight is 514 g/mol. The molecule has 2 rings (SSSR count). The molecular weight excluding hydrogens is 470 g/mol. The first-order valence-corrected chi connectivity index (χ1v) is 14.3. The van der Waals surface area contributed by atoms with Gasteiger partial charge in [-0.05, 0) is 48.9 Å². The minimum atomic E-state index is -0.406. The molecule has 36 heavy (non-hydrogen) atoms. The van der Waals surface area contributed by atoms with Gasteiger partial charge in [0.25, 0.3) is 0 Å². The zero-order valence-corrected chi connectivity index (χ0v) is 22.8. The van der Waals surface area contributed by atoms with Crippen molar-refractivity contribution in [3.63, 3.8) is 0 Å². The molecule has 0 aliphatic heterocycles. The first-order chi connectivity index (χ1) is 17.6. The van der Waals surface area contributed by atoms with E-state index in [0.717, 1.165) is 18.5 Å². The van der Waals surface area contributed by atoms with Crippen LogP contribution in [0.2, 0.25) is 5.02 Å². The Hall–Kier alpha value is -2.33. The summed E-state index contributed by atoms with van der Waals surface area (Å²) in [6.07, 6.45) is 21.1. The Kier molecular flexibility index (Phi) is 15.7. The predicted molar refractivity (Wildman–Crippen MR) is 152 cm³/mol. The van der Waals surface area contributed by atoms with Crippen LogP contribution in [0, 0.1) is 0 Å². The molecule has 2 aromatic rings. The molecule has 0 aliphatic carbocycles. The first-order valence-electron chi connectivity index (χ1n) is 13.9. The van der Waals surface area contributed by atoms with Crippen LogP contribution in [-0.2, 0) is 4.74 Å². The number of phenolic OH excluding ortho intramolecular Hbond substituents is 1. The predicted octanol–water partition coefficient (Wildman–Crippen LogP) is 9.82. The van der Waals surface area contributed by atoms with E-state index in [-0.39, 0.29) is 5.75 Å². The van der Waals surface area contributed by atoms with Crippen molar-refractivity contribution in [3.05, 3.63) is 58.6 Å². The standard InChI is InChI=1S/C31H44ClNO3/c1-2-3-4-5-6-7-8-9-10-11-12-13-14-15-16-23-36-31(35)26-17-18-27(30(34)24-26)25-33-29-21-19-28(32)20-22-29/h17-22,24-25,34H,2-16,23H2,1H3. The van der Waals surface area contributed by atoms with Crippen molar-refractivity contribution >= 4 is 29.5 Å². The van der Waals surface area contributed by atoms with E-state index >= 15 is 0 Å². The number of aliphatic imine (C=N–C) groups is 1. The van der Waals surface area contributed by atoms with Crippen molar-refractivity contribution in [1.29, 1.82) is 0 Å². The second-order valence-corrected chi connectivity index (χ2v) is 10.0. The second kappa shape index (κ2) is 18.9. The van der Waals surface area contributed by atoms with Gasteiger partial charge in [-0.15, -0.1) is 0 Å². The minimum absolute atomic E-state index is 0.00543. The van der Waals surface area contributed by atoms with Crippen LogP contribution in [0.5, 0.6) is 5.75 Å². The van der Waals surface area contributed by atoms with Gasteiger partial charge in [-0.1, -0.05) is 108 Å². The van der Waals surface area contributed by atoms with E-state index < -0.39 is 5.97 Å². The molecule has 2 aromatic carbocycles. The summed E-state index contributed by atoms with van der Waals surface area (Å²) in [5.41, 5.74) is 1.60. The van der Waals surface area contributed by atoms with Gasteiger partial charge in [0.05, 0.1) is 17.9 Å². The fraction of sp³-hybridized carbons (Fsp3) is 0.548. The van der Waals surface area contributed by atoms with E-state index in [1.807, 2.05) is 0 Å². The Morgan fingerprint density at radius 1 is 0.806 bits per heavy atom. The maximum atomic E-state index is 12.3. The van der Waals surface area contributed by atoms with Gasteiger partial charge in [0.1, 0.15) is 5.75 Å². The molecular formula is C31H44ClNO3. The van der Waals surface area contributed by atoms with Crippen molar-refractivity contribution in [3.8, 4) is 5.75 Å². The van der Waals surface area contributed by atoms with Gasteiger partial charge in [0.2, 0.25) is 0 Å². The summed E-state index contributed by atoms with van der Waals surface area (Å²) in [5.74, 6) is -0.411. The number of ether oxygens (including phenoxy) is 1. The second-order valence-electron chi connectivity index (χ2n) is 9.59. The molecule has 0 aliphatic rings. The molecule has 0 bridgehead atoms. The highest BCUT2D eigenvalue weighted by Gasteiger charge is 2.10. The van der Waals surface area contributed by atoms with E-state index in [9.17, 15) is 9.90 Å². The number of esters is 1. The monoisotopic (exact) mass is 513 g/mol. The molecule has 0 saturated heterocycles. The van der Waals surface area contributed by atoms with Crippen LogP contribution in [-0.4, -0.2) is 23.9 Å². The van der Waals surface area contributed by atoms with E-state index in [1.165, 1.54) is 89.5 Å². The lowest BCUT2D eigenvalue weighted by atomic mass is 10.0. The lowest BCUT2D eigenvalue weighted by Gasteiger charge is -2.07. The highest BCUT2D eigenvalue weighted by molar-refractivity contribution is 6.30. The number of aromatic hydroxyl groups is 1. The molecule has 1 N–H and O–H groups in total. The van der Waals surface area contributed by atoms with Crippen LogP contribution >= 0.6 is 11.6 Å². The third kappa shape index (κ3) is 13.1. The SMILES string of the molecule is CCCCCCCCCCCCCCCCCOC(=O)c1ccc(C=Nc2ccc(Cl)cc2)c(O)c1. The van der Waals surface area contributed by atoms with Crippen molar-refractivity contribution in [1.82, 2.24) is 0 Å². The maximum Gasteiger partial charge on any atom is 0.338 e. The average Bonchev–Trinajstić information content (AvgIpc) is 2.88. The van der Waals surface area contributed by atoms with Crippen LogP contribution in [0.4, 0.5) is 5.69 Å². The number of hydrogen-bond donors (Lipinski definition) is 1. The number of rotatable bonds is 19. The third-order valence-corrected chi connectivity index (χ3v) is 6.68. The van der Waals surface area contributed by atoms with E-state index in [0.29, 0.717) is 22.8 Å². The molecule has 5 heteroatoms. The van der Waals surface area contributed by atoms with Gasteiger partial charge >= 0.3 is 5.97 Å². The van der Waals surface area contributed by atoms with Gasteiger partial charge in [-0.2, -0.15) is 0 Å². The van der Waals surface area contributed by atoms with Gasteiger partial charge in [-0.25, -0.2) is 4.79 Å². The summed E-state index contributed by atoms with van der Waals surface area (Å²) in [6.45, 7) is 2.68. The van der Waals surface area contributed by atoms with Crippen LogP contribution in [0.25, 0.3) is 0 Å². The van der Waals surface area contributed by atoms with Gasteiger partial charge in [0.15, 0.2) is 0 Å². The van der Waals surface area contributed by atoms with Crippen LogP contribution in [0.15, 0.2) is 47.5 Å². The molecule has 0 spiro atoms. The molecule has 0 saturated carbocycles. The molecule has 0 amide bonds. The number of carbonyl (C=O) groups excluding carboxylic acids is 1. The Bertz CT molecular complexity index is 895. The van der Waals surface area contributed by atoms with Crippen LogP contribution in [0.1, 0.15) is 119 Å². The number of nitrogens with zero attached hydrogens (tertiary/aromatic N) is 1. The molecule has 0 aromatic heterocycles. The number of unbranched alkanes of at least 4 members (excludes halogenated alkanes) is 14. The fourth-order valence-electron chi connectivity index (χ4n) is 4.17. The quantitative estimate of drug-likeness (QED) is 0.115. The van der Waals surface area contributed by atoms with E-state index in [2.05, 4.69) is 11.9 Å². The van der Waals surface area contributed by atoms with E-state index in [4.69, 9.17) is 16.3 Å². The third-order valence-electron chi connectivity index (χ3n) is 6.43. The lowest BCUT2D eigenvalue weighted by molar-refractivity contribution is 0.0497. The molecule has 4 nitrogen and oxygen atoms in total. The van der Waals surface area contributed by atoms with Crippen molar-refractivity contribution in [2.45, 2.75) is 103 Å². The summed E-state index contributed by atoms with van der Waals surface area (Å²) < 4.78 is 5.38.